The first-order chi connectivity index (χ1) is 24.2. The van der Waals surface area contributed by atoms with Crippen molar-refractivity contribution < 1.29 is 4.42 Å². The number of rotatable bonds is 5. The quantitative estimate of drug-likeness (QED) is 0.117. The van der Waals surface area contributed by atoms with Gasteiger partial charge in [-0.05, 0) is 67.2 Å². The molecule has 1 aromatic heterocycles. The van der Waals surface area contributed by atoms with Crippen LogP contribution in [-0.4, -0.2) is 11.7 Å². The number of hydrogen-bond acceptors (Lipinski definition) is 2. The molecule has 9 aromatic rings. The van der Waals surface area contributed by atoms with E-state index in [0.29, 0.717) is 18.2 Å². The summed E-state index contributed by atoms with van der Waals surface area (Å²) in [6, 6.07) is 56.6. The number of nitrogens with zero attached hydrogens (tertiary/aromatic N) is 2. The van der Waals surface area contributed by atoms with Crippen LogP contribution in [-0.2, 0) is 6.54 Å². The van der Waals surface area contributed by atoms with Crippen molar-refractivity contribution in [1.82, 2.24) is 0 Å². The van der Waals surface area contributed by atoms with E-state index in [4.69, 9.17) is 20.1 Å². The van der Waals surface area contributed by atoms with Gasteiger partial charge in [-0.2, -0.15) is 0 Å². The van der Waals surface area contributed by atoms with E-state index in [9.17, 15) is 0 Å². The number of nitrogens with two attached hydrogens (primary N) is 1. The van der Waals surface area contributed by atoms with E-state index < -0.39 is 0 Å². The van der Waals surface area contributed by atoms with Gasteiger partial charge in [0.05, 0.1) is 6.54 Å². The lowest BCUT2D eigenvalue weighted by atomic mass is 9.92. The maximum absolute atomic E-state index is 6.96. The van der Waals surface area contributed by atoms with Crippen molar-refractivity contribution in [3.8, 4) is 11.1 Å². The molecule has 0 aliphatic heterocycles. The Morgan fingerprint density at radius 3 is 2.04 bits per heavy atom. The summed E-state index contributed by atoms with van der Waals surface area (Å²) in [4.78, 5) is 10.1. The normalized spacial score (nSPS) is 12.5. The van der Waals surface area contributed by atoms with Crippen molar-refractivity contribution in [3.63, 3.8) is 0 Å². The number of benzene rings is 8. The molecule has 0 spiro atoms. The molecular formula is C45H31N3O. The fraction of sp³-hybridized carbons (Fsp3) is 0.0222. The van der Waals surface area contributed by atoms with Gasteiger partial charge in [-0.25, -0.2) is 4.99 Å². The van der Waals surface area contributed by atoms with Crippen molar-refractivity contribution in [2.24, 2.45) is 15.7 Å². The molecule has 0 amide bonds. The van der Waals surface area contributed by atoms with E-state index in [-0.39, 0.29) is 0 Å². The lowest BCUT2D eigenvalue weighted by Crippen LogP contribution is -2.17. The van der Waals surface area contributed by atoms with Gasteiger partial charge >= 0.3 is 0 Å². The highest BCUT2D eigenvalue weighted by molar-refractivity contribution is 6.20. The summed E-state index contributed by atoms with van der Waals surface area (Å²) < 4.78 is 6.23. The molecule has 0 fully saturated rings. The van der Waals surface area contributed by atoms with Gasteiger partial charge in [-0.15, -0.1) is 0 Å². The highest BCUT2D eigenvalue weighted by Gasteiger charge is 2.17. The molecule has 4 nitrogen and oxygen atoms in total. The third-order valence-electron chi connectivity index (χ3n) is 9.38. The molecule has 0 saturated carbocycles. The number of fused-ring (bicyclic) bond motifs is 7. The molecule has 0 unspecified atom stereocenters. The summed E-state index contributed by atoms with van der Waals surface area (Å²) in [7, 11) is 0. The first kappa shape index (κ1) is 28.7. The fourth-order valence-electron chi connectivity index (χ4n) is 7.01. The Labute approximate surface area is 283 Å². The van der Waals surface area contributed by atoms with Crippen molar-refractivity contribution in [1.29, 1.82) is 0 Å². The minimum atomic E-state index is 0.416. The van der Waals surface area contributed by atoms with E-state index in [1.54, 1.807) is 0 Å². The summed E-state index contributed by atoms with van der Waals surface area (Å²) in [6.45, 7) is 0.489. The van der Waals surface area contributed by atoms with Crippen molar-refractivity contribution in [3.05, 3.63) is 180 Å². The van der Waals surface area contributed by atoms with Crippen LogP contribution in [0, 0.1) is 0 Å². The van der Waals surface area contributed by atoms with Crippen LogP contribution >= 0.6 is 0 Å². The topological polar surface area (TPSA) is 63.9 Å². The number of furan rings is 1. The zero-order valence-corrected chi connectivity index (χ0v) is 26.7. The van der Waals surface area contributed by atoms with E-state index in [1.807, 2.05) is 36.4 Å². The van der Waals surface area contributed by atoms with Crippen LogP contribution in [0.5, 0.6) is 0 Å². The molecule has 0 atom stereocenters. The third kappa shape index (κ3) is 5.11. The number of amidine groups is 2. The fourth-order valence-corrected chi connectivity index (χ4v) is 7.01. The average Bonchev–Trinajstić information content (AvgIpc) is 3.55. The smallest absolute Gasteiger partial charge is 0.157 e. The standard InChI is InChI=1S/C45H31N3O/c46-44(38-26-25-36(34-15-6-7-16-35(34)38)37-18-10-20-42-43(37)39-17-8-9-19-41(39)49-42)48-45(47-28-29-11-2-1-3-12-29)32-24-23-31-22-21-30-13-4-5-14-33(30)40(31)27-32/h1-27H,28H2,(H2,46,47,48). The maximum atomic E-state index is 6.96. The predicted molar refractivity (Wildman–Crippen MR) is 206 cm³/mol. The zero-order chi connectivity index (χ0) is 32.7. The van der Waals surface area contributed by atoms with Gasteiger partial charge in [0.2, 0.25) is 0 Å². The molecule has 9 rings (SSSR count). The second kappa shape index (κ2) is 11.9. The zero-order valence-electron chi connectivity index (χ0n) is 26.7. The SMILES string of the molecule is NC(=NC(=NCc1ccccc1)c1ccc2ccc3ccccc3c2c1)c1ccc(-c2cccc3oc4ccccc4c23)c2ccccc12. The molecular weight excluding hydrogens is 599 g/mol. The molecule has 2 N–H and O–H groups in total. The Morgan fingerprint density at radius 2 is 1.18 bits per heavy atom. The van der Waals surface area contributed by atoms with Crippen LogP contribution in [0.2, 0.25) is 0 Å². The van der Waals surface area contributed by atoms with Gasteiger partial charge in [0.1, 0.15) is 17.0 Å². The Bertz CT molecular complexity index is 2760. The molecule has 4 heteroatoms. The molecule has 0 bridgehead atoms. The minimum absolute atomic E-state index is 0.416. The summed E-state index contributed by atoms with van der Waals surface area (Å²) >= 11 is 0. The highest BCUT2D eigenvalue weighted by Crippen LogP contribution is 2.40. The minimum Gasteiger partial charge on any atom is -0.456 e. The maximum Gasteiger partial charge on any atom is 0.157 e. The van der Waals surface area contributed by atoms with Crippen LogP contribution < -0.4 is 5.73 Å². The van der Waals surface area contributed by atoms with Crippen molar-refractivity contribution in [2.75, 3.05) is 0 Å². The summed E-state index contributed by atoms with van der Waals surface area (Å²) in [5.41, 5.74) is 13.8. The monoisotopic (exact) mass is 629 g/mol. The molecule has 232 valence electrons. The Kier molecular flexibility index (Phi) is 6.98. The van der Waals surface area contributed by atoms with Crippen LogP contribution in [0.3, 0.4) is 0 Å². The number of aliphatic imine (C=N–C) groups is 2. The van der Waals surface area contributed by atoms with Crippen molar-refractivity contribution >= 4 is 65.9 Å². The Balaban J connectivity index is 1.20. The van der Waals surface area contributed by atoms with Gasteiger partial charge in [-0.1, -0.05) is 146 Å². The average molecular weight is 630 g/mol. The largest absolute Gasteiger partial charge is 0.456 e. The Morgan fingerprint density at radius 1 is 0.510 bits per heavy atom. The highest BCUT2D eigenvalue weighted by atomic mass is 16.3. The van der Waals surface area contributed by atoms with E-state index in [2.05, 4.69) is 127 Å². The lowest BCUT2D eigenvalue weighted by molar-refractivity contribution is 0.669. The van der Waals surface area contributed by atoms with Crippen molar-refractivity contribution in [2.45, 2.75) is 6.54 Å². The molecule has 8 aromatic carbocycles. The van der Waals surface area contributed by atoms with E-state index in [1.165, 1.54) is 16.2 Å². The molecule has 1 heterocycles. The number of para-hydroxylation sites is 1. The van der Waals surface area contributed by atoms with E-state index in [0.717, 1.165) is 65.9 Å². The lowest BCUT2D eigenvalue weighted by Gasteiger charge is -2.13. The van der Waals surface area contributed by atoms with Gasteiger partial charge in [0.15, 0.2) is 5.84 Å². The molecule has 0 saturated heterocycles. The second-order valence-corrected chi connectivity index (χ2v) is 12.3. The van der Waals surface area contributed by atoms with Gasteiger partial charge < -0.3 is 10.2 Å². The number of hydrogen-bond donors (Lipinski definition) is 1. The van der Waals surface area contributed by atoms with Gasteiger partial charge in [0.25, 0.3) is 0 Å². The molecule has 0 radical (unpaired) electrons. The first-order valence-electron chi connectivity index (χ1n) is 16.5. The van der Waals surface area contributed by atoms with Crippen LogP contribution in [0.15, 0.2) is 178 Å². The van der Waals surface area contributed by atoms with Crippen LogP contribution in [0.25, 0.3) is 65.4 Å². The van der Waals surface area contributed by atoms with Crippen LogP contribution in [0.4, 0.5) is 0 Å². The molecule has 0 aliphatic rings. The summed E-state index contributed by atoms with van der Waals surface area (Å²) in [5.74, 6) is 1.01. The molecule has 49 heavy (non-hydrogen) atoms. The Hall–Kier alpha value is -6.52. The second-order valence-electron chi connectivity index (χ2n) is 12.3. The predicted octanol–water partition coefficient (Wildman–Crippen LogP) is 11.1. The molecule has 0 aliphatic carbocycles. The first-order valence-corrected chi connectivity index (χ1v) is 16.5. The third-order valence-corrected chi connectivity index (χ3v) is 9.38. The van der Waals surface area contributed by atoms with Gasteiger partial charge in [-0.3, -0.25) is 4.99 Å². The summed E-state index contributed by atoms with van der Waals surface area (Å²) in [5, 5.41) is 9.05. The van der Waals surface area contributed by atoms with Gasteiger partial charge in [0, 0.05) is 21.9 Å². The summed E-state index contributed by atoms with van der Waals surface area (Å²) in [6.07, 6.45) is 0. The van der Waals surface area contributed by atoms with Crippen LogP contribution in [0.1, 0.15) is 16.7 Å². The van der Waals surface area contributed by atoms with E-state index >= 15 is 0 Å².